The molecule has 2 aromatic carbocycles. The summed E-state index contributed by atoms with van der Waals surface area (Å²) >= 11 is 1.57. The first-order valence-corrected chi connectivity index (χ1v) is 10.6. The fourth-order valence-electron chi connectivity index (χ4n) is 3.43. The average Bonchev–Trinajstić information content (AvgIpc) is 3.18. The van der Waals surface area contributed by atoms with Crippen molar-refractivity contribution < 1.29 is 19.0 Å². The monoisotopic (exact) mass is 437 g/mol. The fraction of sp³-hybridized carbons (Fsp3) is 0.304. The highest BCUT2D eigenvalue weighted by Crippen LogP contribution is 2.38. The number of carbonyl (C=O) groups excluding carboxylic acids is 1. The molecule has 0 aliphatic rings. The van der Waals surface area contributed by atoms with Crippen LogP contribution in [-0.2, 0) is 20.9 Å². The molecule has 31 heavy (non-hydrogen) atoms. The van der Waals surface area contributed by atoms with Crippen LogP contribution in [0.4, 0.5) is 0 Å². The molecule has 0 saturated heterocycles. The Morgan fingerprint density at radius 3 is 2.58 bits per heavy atom. The Morgan fingerprint density at radius 1 is 1.03 bits per heavy atom. The Balaban J connectivity index is 1.82. The van der Waals surface area contributed by atoms with Gasteiger partial charge in [-0.2, -0.15) is 0 Å². The molecule has 2 heterocycles. The molecule has 0 atom stereocenters. The number of carbonyl (C=O) groups is 1. The minimum atomic E-state index is -0.417. The van der Waals surface area contributed by atoms with E-state index in [1.54, 1.807) is 24.6 Å². The molecular weight excluding hydrogens is 414 g/mol. The molecule has 4 rings (SSSR count). The van der Waals surface area contributed by atoms with Gasteiger partial charge in [-0.05, 0) is 55.7 Å². The predicted molar refractivity (Wildman–Crippen MR) is 121 cm³/mol. The van der Waals surface area contributed by atoms with Crippen molar-refractivity contribution in [3.63, 3.8) is 0 Å². The van der Waals surface area contributed by atoms with Gasteiger partial charge in [0, 0.05) is 12.7 Å². The molecule has 0 spiro atoms. The van der Waals surface area contributed by atoms with E-state index in [-0.39, 0.29) is 6.61 Å². The van der Waals surface area contributed by atoms with Gasteiger partial charge in [-0.3, -0.25) is 4.98 Å². The summed E-state index contributed by atoms with van der Waals surface area (Å²) in [5, 5.41) is 0.866. The molecule has 160 valence electrons. The van der Waals surface area contributed by atoms with Gasteiger partial charge < -0.3 is 14.2 Å². The maximum absolute atomic E-state index is 11.5. The standard InChI is InChI=1S/C23H23N3O4S/c1-12-6-16(22-17(7-12)25-15(9-24-22)10-28-4)23-26-21-14(3)13(2)18(8-19(21)31-23)30-11-20(27)29-5/h6-9H,10-11H2,1-5H3. The maximum Gasteiger partial charge on any atom is 0.343 e. The SMILES string of the molecule is COCc1cnc2c(-c3nc4c(C)c(C)c(OCC(=O)OC)cc4s3)cc(C)cc2n1. The van der Waals surface area contributed by atoms with Gasteiger partial charge >= 0.3 is 5.97 Å². The molecule has 0 fully saturated rings. The van der Waals surface area contributed by atoms with Crippen molar-refractivity contribution in [1.29, 1.82) is 0 Å². The molecule has 0 N–H and O–H groups in total. The van der Waals surface area contributed by atoms with E-state index < -0.39 is 5.97 Å². The maximum atomic E-state index is 11.5. The van der Waals surface area contributed by atoms with Crippen LogP contribution in [0.5, 0.6) is 5.75 Å². The van der Waals surface area contributed by atoms with Crippen LogP contribution >= 0.6 is 11.3 Å². The predicted octanol–water partition coefficient (Wildman–Crippen LogP) is 4.53. The molecule has 0 radical (unpaired) electrons. The van der Waals surface area contributed by atoms with Gasteiger partial charge in [-0.15, -0.1) is 11.3 Å². The first-order chi connectivity index (χ1) is 14.9. The summed E-state index contributed by atoms with van der Waals surface area (Å²) in [6, 6.07) is 6.04. The van der Waals surface area contributed by atoms with Crippen LogP contribution in [0.25, 0.3) is 31.8 Å². The van der Waals surface area contributed by atoms with Crippen molar-refractivity contribution in [2.24, 2.45) is 0 Å². The average molecular weight is 438 g/mol. The van der Waals surface area contributed by atoms with Crippen molar-refractivity contribution in [3.05, 3.63) is 46.8 Å². The third-order valence-corrected chi connectivity index (χ3v) is 6.18. The number of hydrogen-bond acceptors (Lipinski definition) is 8. The van der Waals surface area contributed by atoms with Crippen molar-refractivity contribution in [3.8, 4) is 16.3 Å². The topological polar surface area (TPSA) is 83.4 Å². The minimum Gasteiger partial charge on any atom is -0.482 e. The van der Waals surface area contributed by atoms with Gasteiger partial charge in [0.25, 0.3) is 0 Å². The van der Waals surface area contributed by atoms with Gasteiger partial charge in [0.1, 0.15) is 10.8 Å². The smallest absolute Gasteiger partial charge is 0.343 e. The Hall–Kier alpha value is -3.10. The van der Waals surface area contributed by atoms with Crippen molar-refractivity contribution in [1.82, 2.24) is 15.0 Å². The Labute approximate surface area is 184 Å². The number of thiazole rings is 1. The van der Waals surface area contributed by atoms with Gasteiger partial charge in [0.2, 0.25) is 0 Å². The lowest BCUT2D eigenvalue weighted by Gasteiger charge is -2.10. The lowest BCUT2D eigenvalue weighted by Crippen LogP contribution is -2.13. The van der Waals surface area contributed by atoms with Gasteiger partial charge in [0.05, 0.1) is 46.9 Å². The van der Waals surface area contributed by atoms with E-state index in [1.165, 1.54) is 7.11 Å². The zero-order valence-electron chi connectivity index (χ0n) is 18.1. The zero-order valence-corrected chi connectivity index (χ0v) is 18.9. The Bertz CT molecular complexity index is 1300. The molecule has 2 aromatic heterocycles. The molecule has 0 unspecified atom stereocenters. The molecule has 7 nitrogen and oxygen atoms in total. The van der Waals surface area contributed by atoms with Crippen LogP contribution in [0, 0.1) is 20.8 Å². The number of nitrogens with zero attached hydrogens (tertiary/aromatic N) is 3. The highest BCUT2D eigenvalue weighted by Gasteiger charge is 2.17. The summed E-state index contributed by atoms with van der Waals surface area (Å²) in [6.07, 6.45) is 1.74. The number of rotatable bonds is 6. The van der Waals surface area contributed by atoms with Crippen LogP contribution < -0.4 is 4.74 Å². The number of benzene rings is 2. The lowest BCUT2D eigenvalue weighted by molar-refractivity contribution is -0.142. The summed E-state index contributed by atoms with van der Waals surface area (Å²) in [7, 11) is 2.98. The molecule has 0 amide bonds. The van der Waals surface area contributed by atoms with E-state index in [0.29, 0.717) is 12.4 Å². The largest absolute Gasteiger partial charge is 0.482 e. The number of esters is 1. The van der Waals surface area contributed by atoms with Gasteiger partial charge in [-0.1, -0.05) is 0 Å². The van der Waals surface area contributed by atoms with Crippen LogP contribution in [0.3, 0.4) is 0 Å². The van der Waals surface area contributed by atoms with Crippen molar-refractivity contribution in [2.45, 2.75) is 27.4 Å². The second-order valence-corrected chi connectivity index (χ2v) is 8.36. The second kappa shape index (κ2) is 8.56. The van der Waals surface area contributed by atoms with E-state index in [4.69, 9.17) is 14.5 Å². The van der Waals surface area contributed by atoms with Crippen molar-refractivity contribution in [2.75, 3.05) is 20.8 Å². The quantitative estimate of drug-likeness (QED) is 0.410. The molecule has 0 aliphatic carbocycles. The summed E-state index contributed by atoms with van der Waals surface area (Å²) in [4.78, 5) is 25.7. The summed E-state index contributed by atoms with van der Waals surface area (Å²) < 4.78 is 16.5. The van der Waals surface area contributed by atoms with Crippen LogP contribution in [-0.4, -0.2) is 41.7 Å². The fourth-order valence-corrected chi connectivity index (χ4v) is 4.50. The molecule has 8 heteroatoms. The zero-order chi connectivity index (χ0) is 22.1. The number of aryl methyl sites for hydroxylation is 2. The number of fused-ring (bicyclic) bond motifs is 2. The lowest BCUT2D eigenvalue weighted by atomic mass is 10.1. The number of ether oxygens (including phenoxy) is 3. The molecule has 0 bridgehead atoms. The van der Waals surface area contributed by atoms with E-state index >= 15 is 0 Å². The first-order valence-electron chi connectivity index (χ1n) is 9.77. The van der Waals surface area contributed by atoms with Gasteiger partial charge in [0.15, 0.2) is 6.61 Å². The number of aromatic nitrogens is 3. The van der Waals surface area contributed by atoms with E-state index in [0.717, 1.165) is 54.2 Å². The van der Waals surface area contributed by atoms with Crippen LogP contribution in [0.2, 0.25) is 0 Å². The molecule has 4 aromatic rings. The summed E-state index contributed by atoms with van der Waals surface area (Å²) in [6.45, 7) is 6.30. The highest BCUT2D eigenvalue weighted by atomic mass is 32.1. The minimum absolute atomic E-state index is 0.129. The second-order valence-electron chi connectivity index (χ2n) is 7.33. The van der Waals surface area contributed by atoms with Gasteiger partial charge in [-0.25, -0.2) is 14.8 Å². The highest BCUT2D eigenvalue weighted by molar-refractivity contribution is 7.21. The third kappa shape index (κ3) is 4.08. The van der Waals surface area contributed by atoms with Crippen molar-refractivity contribution >= 4 is 38.6 Å². The Kier molecular flexibility index (Phi) is 5.84. The van der Waals surface area contributed by atoms with E-state index in [1.807, 2.05) is 32.9 Å². The number of hydrogen-bond donors (Lipinski definition) is 0. The molecule has 0 aliphatic heterocycles. The normalized spacial score (nSPS) is 11.3. The van der Waals surface area contributed by atoms with E-state index in [2.05, 4.69) is 20.8 Å². The number of methoxy groups -OCH3 is 2. The van der Waals surface area contributed by atoms with Crippen LogP contribution in [0.15, 0.2) is 24.4 Å². The summed E-state index contributed by atoms with van der Waals surface area (Å²) in [5.74, 6) is 0.239. The third-order valence-electron chi connectivity index (χ3n) is 5.14. The summed E-state index contributed by atoms with van der Waals surface area (Å²) in [5.41, 5.74) is 7.33. The molecular formula is C23H23N3O4S. The van der Waals surface area contributed by atoms with E-state index in [9.17, 15) is 4.79 Å². The Morgan fingerprint density at radius 2 is 1.84 bits per heavy atom. The first kappa shape index (κ1) is 21.1. The molecule has 0 saturated carbocycles. The van der Waals surface area contributed by atoms with Crippen LogP contribution in [0.1, 0.15) is 22.4 Å².